The number of hydrogen-bond acceptors (Lipinski definition) is 3. The lowest BCUT2D eigenvalue weighted by atomic mass is 9.71. The highest BCUT2D eigenvalue weighted by Crippen LogP contribution is 2.35. The van der Waals surface area contributed by atoms with E-state index in [1.807, 2.05) is 27.7 Å². The molecule has 1 rings (SSSR count). The molecule has 1 fully saturated rings. The highest BCUT2D eigenvalue weighted by molar-refractivity contribution is 5.87. The van der Waals surface area contributed by atoms with Gasteiger partial charge in [0.1, 0.15) is 5.54 Å². The summed E-state index contributed by atoms with van der Waals surface area (Å²) in [5.41, 5.74) is -1.19. The standard InChI is InChI=1S/C13H21N3O/c1-6-10(17)15-13(9-14)7-11(2,3)16-12(4,5)8-13/h6,16H,1,7-8H2,2-5H3,(H,15,17). The minimum atomic E-state index is -0.816. The van der Waals surface area contributed by atoms with Gasteiger partial charge in [-0.05, 0) is 33.8 Å². The van der Waals surface area contributed by atoms with E-state index < -0.39 is 5.54 Å². The smallest absolute Gasteiger partial charge is 0.244 e. The molecule has 0 unspecified atom stereocenters. The van der Waals surface area contributed by atoms with Crippen LogP contribution in [0.3, 0.4) is 0 Å². The SMILES string of the molecule is C=CC(=O)NC1(C#N)CC(C)(C)NC(C)(C)C1. The van der Waals surface area contributed by atoms with Gasteiger partial charge in [-0.1, -0.05) is 6.58 Å². The molecule has 0 bridgehead atoms. The van der Waals surface area contributed by atoms with Gasteiger partial charge >= 0.3 is 0 Å². The van der Waals surface area contributed by atoms with Gasteiger partial charge in [0.25, 0.3) is 0 Å². The van der Waals surface area contributed by atoms with Crippen LogP contribution < -0.4 is 10.6 Å². The molecule has 94 valence electrons. The number of hydrogen-bond donors (Lipinski definition) is 2. The Bertz CT molecular complexity index is 361. The largest absolute Gasteiger partial charge is 0.334 e. The number of nitrogens with zero attached hydrogens (tertiary/aromatic N) is 1. The summed E-state index contributed by atoms with van der Waals surface area (Å²) in [7, 11) is 0. The zero-order valence-corrected chi connectivity index (χ0v) is 11.1. The van der Waals surface area contributed by atoms with Crippen molar-refractivity contribution in [1.29, 1.82) is 5.26 Å². The minimum Gasteiger partial charge on any atom is -0.334 e. The molecule has 4 nitrogen and oxygen atoms in total. The quantitative estimate of drug-likeness (QED) is 0.713. The van der Waals surface area contributed by atoms with E-state index in [0.29, 0.717) is 12.8 Å². The number of carbonyl (C=O) groups excluding carboxylic acids is 1. The Balaban J connectivity index is 3.03. The van der Waals surface area contributed by atoms with Crippen LogP contribution in [0.4, 0.5) is 0 Å². The Morgan fingerprint density at radius 3 is 2.18 bits per heavy atom. The predicted octanol–water partition coefficient (Wildman–Crippen LogP) is 1.49. The fraction of sp³-hybridized carbons (Fsp3) is 0.692. The molecule has 0 aliphatic carbocycles. The Labute approximate surface area is 103 Å². The summed E-state index contributed by atoms with van der Waals surface area (Å²) in [5.74, 6) is -0.292. The monoisotopic (exact) mass is 235 g/mol. The molecule has 0 aromatic carbocycles. The maximum atomic E-state index is 11.5. The lowest BCUT2D eigenvalue weighted by Crippen LogP contribution is -2.67. The lowest BCUT2D eigenvalue weighted by Gasteiger charge is -2.50. The first-order valence-corrected chi connectivity index (χ1v) is 5.79. The number of carbonyl (C=O) groups is 1. The van der Waals surface area contributed by atoms with Gasteiger partial charge in [0.15, 0.2) is 0 Å². The highest BCUT2D eigenvalue weighted by Gasteiger charge is 2.48. The van der Waals surface area contributed by atoms with E-state index in [9.17, 15) is 10.1 Å². The molecule has 17 heavy (non-hydrogen) atoms. The molecule has 1 heterocycles. The third-order valence-corrected chi connectivity index (χ3v) is 2.93. The molecule has 4 heteroatoms. The molecule has 1 aliphatic heterocycles. The fourth-order valence-electron chi connectivity index (χ4n) is 3.06. The van der Waals surface area contributed by atoms with Crippen LogP contribution in [0, 0.1) is 11.3 Å². The van der Waals surface area contributed by atoms with Crippen molar-refractivity contribution in [2.75, 3.05) is 0 Å². The van der Waals surface area contributed by atoms with Crippen LogP contribution in [-0.2, 0) is 4.79 Å². The van der Waals surface area contributed by atoms with Crippen LogP contribution in [0.2, 0.25) is 0 Å². The van der Waals surface area contributed by atoms with Crippen LogP contribution >= 0.6 is 0 Å². The van der Waals surface area contributed by atoms with Gasteiger partial charge in [-0.2, -0.15) is 5.26 Å². The van der Waals surface area contributed by atoms with E-state index in [1.165, 1.54) is 6.08 Å². The van der Waals surface area contributed by atoms with Crippen LogP contribution in [0.15, 0.2) is 12.7 Å². The summed E-state index contributed by atoms with van der Waals surface area (Å²) in [6.07, 6.45) is 2.38. The number of rotatable bonds is 2. The van der Waals surface area contributed by atoms with E-state index in [1.54, 1.807) is 0 Å². The van der Waals surface area contributed by atoms with Crippen molar-refractivity contribution in [3.8, 4) is 6.07 Å². The summed E-state index contributed by atoms with van der Waals surface area (Å²) in [6, 6.07) is 2.27. The highest BCUT2D eigenvalue weighted by atomic mass is 16.1. The van der Waals surface area contributed by atoms with Crippen molar-refractivity contribution in [2.45, 2.75) is 57.2 Å². The molecule has 0 spiro atoms. The zero-order chi connectivity index (χ0) is 13.3. The van der Waals surface area contributed by atoms with Crippen molar-refractivity contribution in [3.05, 3.63) is 12.7 Å². The van der Waals surface area contributed by atoms with Crippen molar-refractivity contribution in [1.82, 2.24) is 10.6 Å². The number of amides is 1. The molecule has 1 saturated heterocycles. The van der Waals surface area contributed by atoms with Crippen molar-refractivity contribution in [2.24, 2.45) is 0 Å². The first-order chi connectivity index (χ1) is 7.64. The van der Waals surface area contributed by atoms with Crippen LogP contribution in [0.25, 0.3) is 0 Å². The summed E-state index contributed by atoms with van der Waals surface area (Å²) in [6.45, 7) is 11.6. The first-order valence-electron chi connectivity index (χ1n) is 5.79. The molecule has 2 N–H and O–H groups in total. The summed E-state index contributed by atoms with van der Waals surface area (Å²) in [5, 5.41) is 15.7. The van der Waals surface area contributed by atoms with Gasteiger partial charge in [0.2, 0.25) is 5.91 Å². The number of piperidine rings is 1. The second kappa shape index (κ2) is 4.15. The maximum absolute atomic E-state index is 11.5. The van der Waals surface area contributed by atoms with Crippen LogP contribution in [0.1, 0.15) is 40.5 Å². The predicted molar refractivity (Wildman–Crippen MR) is 67.2 cm³/mol. The first kappa shape index (κ1) is 13.7. The normalized spacial score (nSPS) is 24.4. The number of nitrogens with one attached hydrogen (secondary N) is 2. The molecular weight excluding hydrogens is 214 g/mol. The van der Waals surface area contributed by atoms with Crippen molar-refractivity contribution < 1.29 is 4.79 Å². The van der Waals surface area contributed by atoms with Crippen LogP contribution in [-0.4, -0.2) is 22.5 Å². The topological polar surface area (TPSA) is 64.9 Å². The van der Waals surface area contributed by atoms with Crippen molar-refractivity contribution >= 4 is 5.91 Å². The molecule has 0 radical (unpaired) electrons. The van der Waals surface area contributed by atoms with E-state index >= 15 is 0 Å². The summed E-state index contributed by atoms with van der Waals surface area (Å²) >= 11 is 0. The van der Waals surface area contributed by atoms with Gasteiger partial charge < -0.3 is 10.6 Å². The van der Waals surface area contributed by atoms with Gasteiger partial charge in [0.05, 0.1) is 6.07 Å². The Morgan fingerprint density at radius 1 is 1.35 bits per heavy atom. The molecule has 1 amide bonds. The molecule has 0 aromatic rings. The van der Waals surface area contributed by atoms with Crippen molar-refractivity contribution in [3.63, 3.8) is 0 Å². The summed E-state index contributed by atoms with van der Waals surface area (Å²) < 4.78 is 0. The minimum absolute atomic E-state index is 0.189. The maximum Gasteiger partial charge on any atom is 0.244 e. The van der Waals surface area contributed by atoms with Gasteiger partial charge in [-0.25, -0.2) is 0 Å². The molecule has 1 aliphatic rings. The molecule has 0 atom stereocenters. The van der Waals surface area contributed by atoms with E-state index in [-0.39, 0.29) is 17.0 Å². The van der Waals surface area contributed by atoms with E-state index in [0.717, 1.165) is 0 Å². The van der Waals surface area contributed by atoms with Gasteiger partial charge in [-0.3, -0.25) is 4.79 Å². The average Bonchev–Trinajstić information content (AvgIpc) is 2.12. The Kier molecular flexibility index (Phi) is 3.35. The third kappa shape index (κ3) is 3.31. The van der Waals surface area contributed by atoms with Gasteiger partial charge in [0, 0.05) is 23.9 Å². The second-order valence-electron chi connectivity index (χ2n) is 6.13. The third-order valence-electron chi connectivity index (χ3n) is 2.93. The lowest BCUT2D eigenvalue weighted by molar-refractivity contribution is -0.118. The van der Waals surface area contributed by atoms with Crippen LogP contribution in [0.5, 0.6) is 0 Å². The second-order valence-corrected chi connectivity index (χ2v) is 6.13. The fourth-order valence-corrected chi connectivity index (χ4v) is 3.06. The Hall–Kier alpha value is -1.34. The van der Waals surface area contributed by atoms with E-state index in [2.05, 4.69) is 23.3 Å². The molecule has 0 aromatic heterocycles. The summed E-state index contributed by atoms with van der Waals surface area (Å²) in [4.78, 5) is 11.5. The molecular formula is C13H21N3O. The zero-order valence-electron chi connectivity index (χ0n) is 11.1. The van der Waals surface area contributed by atoms with Gasteiger partial charge in [-0.15, -0.1) is 0 Å². The van der Waals surface area contributed by atoms with E-state index in [4.69, 9.17) is 0 Å². The molecule has 0 saturated carbocycles. The Morgan fingerprint density at radius 2 is 1.82 bits per heavy atom. The number of nitriles is 1. The average molecular weight is 235 g/mol.